The van der Waals surface area contributed by atoms with E-state index in [1.54, 1.807) is 0 Å². The topological polar surface area (TPSA) is 73.3 Å². The zero-order chi connectivity index (χ0) is 11.9. The number of hydrogen-bond donors (Lipinski definition) is 1. The van der Waals surface area contributed by atoms with Crippen LogP contribution in [0.5, 0.6) is 0 Å². The fourth-order valence-electron chi connectivity index (χ4n) is 1.54. The van der Waals surface area contributed by atoms with Crippen molar-refractivity contribution in [1.29, 1.82) is 0 Å². The molecule has 0 fully saturated rings. The number of nitrogens with two attached hydrogens (primary N) is 1. The van der Waals surface area contributed by atoms with Crippen LogP contribution in [0.1, 0.15) is 15.9 Å². The molecule has 0 aliphatic heterocycles. The smallest absolute Gasteiger partial charge is 0.349 e. The van der Waals surface area contributed by atoms with Crippen LogP contribution in [-0.2, 0) is 0 Å². The molecule has 82 valence electrons. The fraction of sp³-hybridized carbons (Fsp3) is 0.0909. The second-order valence-electron chi connectivity index (χ2n) is 3.45. The highest BCUT2D eigenvalue weighted by Crippen LogP contribution is 2.21. The maximum atomic E-state index is 11.4. The molecule has 4 nitrogen and oxygen atoms in total. The van der Waals surface area contributed by atoms with E-state index in [4.69, 9.17) is 10.2 Å². The van der Waals surface area contributed by atoms with Gasteiger partial charge in [0.25, 0.3) is 5.91 Å². The van der Waals surface area contributed by atoms with Gasteiger partial charge in [0.2, 0.25) is 0 Å². The van der Waals surface area contributed by atoms with Crippen LogP contribution in [-0.4, -0.2) is 5.91 Å². The van der Waals surface area contributed by atoms with Gasteiger partial charge in [0.05, 0.1) is 0 Å². The van der Waals surface area contributed by atoms with E-state index < -0.39 is 11.5 Å². The minimum absolute atomic E-state index is 0.117. The predicted octanol–water partition coefficient (Wildman–Crippen LogP) is 1.80. The van der Waals surface area contributed by atoms with E-state index in [1.165, 1.54) is 6.07 Å². The van der Waals surface area contributed by atoms with Gasteiger partial charge in [-0.15, -0.1) is 0 Å². The summed E-state index contributed by atoms with van der Waals surface area (Å²) in [6.45, 7) is 1.84. The quantitative estimate of drug-likeness (QED) is 0.640. The van der Waals surface area contributed by atoms with Crippen LogP contribution in [0.25, 0.3) is 11.0 Å². The van der Waals surface area contributed by atoms with Crippen molar-refractivity contribution in [1.82, 2.24) is 0 Å². The molecule has 1 heterocycles. The molecule has 0 saturated heterocycles. The summed E-state index contributed by atoms with van der Waals surface area (Å²) in [5.74, 6) is -0.771. The highest BCUT2D eigenvalue weighted by atomic mass is 127. The third-order valence-corrected chi connectivity index (χ3v) is 2.87. The first-order chi connectivity index (χ1) is 7.49. The molecule has 2 N–H and O–H groups in total. The van der Waals surface area contributed by atoms with E-state index in [0.29, 0.717) is 11.0 Å². The number of carbonyl (C=O) groups is 1. The van der Waals surface area contributed by atoms with E-state index in [-0.39, 0.29) is 5.56 Å². The van der Waals surface area contributed by atoms with Crippen molar-refractivity contribution >= 4 is 39.5 Å². The molecule has 0 atom stereocenters. The Bertz CT molecular complexity index is 645. The van der Waals surface area contributed by atoms with Crippen molar-refractivity contribution in [2.75, 3.05) is 0 Å². The van der Waals surface area contributed by atoms with Crippen molar-refractivity contribution < 1.29 is 9.21 Å². The summed E-state index contributed by atoms with van der Waals surface area (Å²) >= 11 is 2.16. The zero-order valence-electron chi connectivity index (χ0n) is 8.41. The number of carbonyl (C=O) groups excluding carboxylic acids is 1. The van der Waals surface area contributed by atoms with E-state index in [9.17, 15) is 9.59 Å². The minimum Gasteiger partial charge on any atom is -0.422 e. The molecule has 2 aromatic rings. The largest absolute Gasteiger partial charge is 0.422 e. The number of amides is 1. The Morgan fingerprint density at radius 1 is 1.38 bits per heavy atom. The maximum Gasteiger partial charge on any atom is 0.349 e. The number of aryl methyl sites for hydroxylation is 1. The first kappa shape index (κ1) is 11.1. The molecule has 0 radical (unpaired) electrons. The Hall–Kier alpha value is -1.37. The Balaban J connectivity index is 2.90. The average Bonchev–Trinajstić information content (AvgIpc) is 2.18. The number of rotatable bonds is 1. The van der Waals surface area contributed by atoms with Crippen molar-refractivity contribution in [3.8, 4) is 0 Å². The lowest BCUT2D eigenvalue weighted by Gasteiger charge is -2.03. The Morgan fingerprint density at radius 2 is 2.06 bits per heavy atom. The number of benzene rings is 1. The standard InChI is InChI=1S/C11H8INO3/c1-5-2-7(12)3-6-4-8(10(13)14)11(15)16-9(5)6/h2-4H,1H3,(H2,13,14). The van der Waals surface area contributed by atoms with E-state index in [1.807, 2.05) is 19.1 Å². The summed E-state index contributed by atoms with van der Waals surface area (Å²) < 4.78 is 6.09. The Labute approximate surface area is 105 Å². The minimum atomic E-state index is -0.771. The van der Waals surface area contributed by atoms with Gasteiger partial charge in [-0.1, -0.05) is 0 Å². The molecule has 5 heteroatoms. The predicted molar refractivity (Wildman–Crippen MR) is 68.5 cm³/mol. The second kappa shape index (κ2) is 3.89. The fourth-order valence-corrected chi connectivity index (χ4v) is 2.34. The van der Waals surface area contributed by atoms with Gasteiger partial charge in [-0.2, -0.15) is 0 Å². The summed E-state index contributed by atoms with van der Waals surface area (Å²) in [4.78, 5) is 22.4. The van der Waals surface area contributed by atoms with Crippen LogP contribution in [0.4, 0.5) is 0 Å². The van der Waals surface area contributed by atoms with Gasteiger partial charge in [0.1, 0.15) is 11.1 Å². The molecule has 1 amide bonds. The average molecular weight is 329 g/mol. The lowest BCUT2D eigenvalue weighted by molar-refractivity contribution is 0.0997. The monoisotopic (exact) mass is 329 g/mol. The van der Waals surface area contributed by atoms with Crippen molar-refractivity contribution in [3.63, 3.8) is 0 Å². The van der Waals surface area contributed by atoms with E-state index in [2.05, 4.69) is 22.6 Å². The number of halogens is 1. The van der Waals surface area contributed by atoms with Crippen molar-refractivity contribution in [2.24, 2.45) is 5.73 Å². The van der Waals surface area contributed by atoms with Crippen molar-refractivity contribution in [2.45, 2.75) is 6.92 Å². The summed E-state index contributed by atoms with van der Waals surface area (Å²) in [5.41, 5.74) is 5.63. The van der Waals surface area contributed by atoms with Crippen molar-refractivity contribution in [3.05, 3.63) is 43.3 Å². The third-order valence-electron chi connectivity index (χ3n) is 2.25. The summed E-state index contributed by atoms with van der Waals surface area (Å²) in [6.07, 6.45) is 0. The molecule has 0 aliphatic rings. The lowest BCUT2D eigenvalue weighted by atomic mass is 10.1. The highest BCUT2D eigenvalue weighted by molar-refractivity contribution is 14.1. The molecule has 0 bridgehead atoms. The molecule has 16 heavy (non-hydrogen) atoms. The number of primary amides is 1. The van der Waals surface area contributed by atoms with Gasteiger partial charge in [-0.3, -0.25) is 4.79 Å². The zero-order valence-corrected chi connectivity index (χ0v) is 10.6. The molecule has 0 aliphatic carbocycles. The molecule has 1 aromatic carbocycles. The Kier molecular flexibility index (Phi) is 2.71. The second-order valence-corrected chi connectivity index (χ2v) is 4.70. The van der Waals surface area contributed by atoms with Crippen LogP contribution in [0, 0.1) is 10.5 Å². The third kappa shape index (κ3) is 1.82. The molecule has 2 rings (SSSR count). The van der Waals surface area contributed by atoms with Gasteiger partial charge in [-0.25, -0.2) is 4.79 Å². The lowest BCUT2D eigenvalue weighted by Crippen LogP contribution is -2.20. The van der Waals surface area contributed by atoms with Crippen LogP contribution in [0.15, 0.2) is 27.4 Å². The van der Waals surface area contributed by atoms with Crippen LogP contribution in [0.3, 0.4) is 0 Å². The first-order valence-corrected chi connectivity index (χ1v) is 5.60. The molecule has 0 spiro atoms. The first-order valence-electron chi connectivity index (χ1n) is 4.53. The van der Waals surface area contributed by atoms with Crippen LogP contribution < -0.4 is 11.4 Å². The van der Waals surface area contributed by atoms with Gasteiger partial charge < -0.3 is 10.2 Å². The molecule has 0 saturated carbocycles. The molecule has 0 unspecified atom stereocenters. The summed E-state index contributed by atoms with van der Waals surface area (Å²) in [7, 11) is 0. The van der Waals surface area contributed by atoms with Gasteiger partial charge in [-0.05, 0) is 53.3 Å². The van der Waals surface area contributed by atoms with Crippen LogP contribution >= 0.6 is 22.6 Å². The van der Waals surface area contributed by atoms with Crippen LogP contribution in [0.2, 0.25) is 0 Å². The van der Waals surface area contributed by atoms with Gasteiger partial charge in [0.15, 0.2) is 0 Å². The molecular formula is C11H8INO3. The van der Waals surface area contributed by atoms with Gasteiger partial charge in [0, 0.05) is 8.96 Å². The Morgan fingerprint density at radius 3 is 2.69 bits per heavy atom. The maximum absolute atomic E-state index is 11.4. The molecular weight excluding hydrogens is 321 g/mol. The molecule has 1 aromatic heterocycles. The number of hydrogen-bond acceptors (Lipinski definition) is 3. The summed E-state index contributed by atoms with van der Waals surface area (Å²) in [6, 6.07) is 5.20. The summed E-state index contributed by atoms with van der Waals surface area (Å²) in [5, 5.41) is 0.706. The SMILES string of the molecule is Cc1cc(I)cc2cc(C(N)=O)c(=O)oc12. The number of fused-ring (bicyclic) bond motifs is 1. The highest BCUT2D eigenvalue weighted by Gasteiger charge is 2.11. The normalized spacial score (nSPS) is 10.6. The van der Waals surface area contributed by atoms with E-state index >= 15 is 0 Å². The van der Waals surface area contributed by atoms with E-state index in [0.717, 1.165) is 9.13 Å². The van der Waals surface area contributed by atoms with Gasteiger partial charge >= 0.3 is 5.63 Å².